The predicted octanol–water partition coefficient (Wildman–Crippen LogP) is 5.02. The third-order valence-corrected chi connectivity index (χ3v) is 8.67. The number of fused-ring (bicyclic) bond motifs is 1. The van der Waals surface area contributed by atoms with Gasteiger partial charge in [0.1, 0.15) is 0 Å². The minimum atomic E-state index is -3.58. The van der Waals surface area contributed by atoms with E-state index in [2.05, 4.69) is 29.0 Å². The molecule has 0 heterocycles. The van der Waals surface area contributed by atoms with Crippen LogP contribution in [0.5, 0.6) is 0 Å². The highest BCUT2D eigenvalue weighted by Gasteiger charge is 2.28. The van der Waals surface area contributed by atoms with Crippen LogP contribution in [0.15, 0.2) is 47.4 Å². The van der Waals surface area contributed by atoms with Gasteiger partial charge in [-0.3, -0.25) is 0 Å². The van der Waals surface area contributed by atoms with Crippen molar-refractivity contribution in [1.29, 1.82) is 0 Å². The molecule has 33 heavy (non-hydrogen) atoms. The maximum Gasteiger partial charge on any atom is 0.240 e. The molecule has 0 spiro atoms. The van der Waals surface area contributed by atoms with E-state index in [9.17, 15) is 8.42 Å². The van der Waals surface area contributed by atoms with Gasteiger partial charge in [0.15, 0.2) is 0 Å². The molecular formula is C26H32ClNO4S. The van der Waals surface area contributed by atoms with Crippen molar-refractivity contribution in [3.63, 3.8) is 0 Å². The van der Waals surface area contributed by atoms with Gasteiger partial charge >= 0.3 is 0 Å². The Morgan fingerprint density at radius 1 is 1.00 bits per heavy atom. The average Bonchev–Trinajstić information content (AvgIpc) is 3.15. The summed E-state index contributed by atoms with van der Waals surface area (Å²) in [6.07, 6.45) is 5.14. The standard InChI is InChI=1S/C26H32ClNO4S/c1-31-14-13-18-3-7-20(8-4-18)25-16-21-15-23(11-12-24(21)26(25)27)33(29,30)28-22-9-5-19(6-10-22)17-32-2/h3-4,7-8,11-12,15,19,22,28H,5-6,9-10,13-14,16-17H2,1-2H3. The number of hydrogen-bond donors (Lipinski definition) is 1. The Kier molecular flexibility index (Phi) is 7.92. The zero-order chi connectivity index (χ0) is 23.4. The number of halogens is 1. The third kappa shape index (κ3) is 5.69. The molecule has 2 aliphatic rings. The Labute approximate surface area is 202 Å². The quantitative estimate of drug-likeness (QED) is 0.537. The lowest BCUT2D eigenvalue weighted by Gasteiger charge is -2.28. The topological polar surface area (TPSA) is 64.6 Å². The van der Waals surface area contributed by atoms with Gasteiger partial charge in [-0.2, -0.15) is 0 Å². The van der Waals surface area contributed by atoms with Crippen LogP contribution in [0, 0.1) is 5.92 Å². The van der Waals surface area contributed by atoms with E-state index in [0.29, 0.717) is 28.9 Å². The summed E-state index contributed by atoms with van der Waals surface area (Å²) in [5.74, 6) is 0.524. The maximum atomic E-state index is 13.1. The van der Waals surface area contributed by atoms with Gasteiger partial charge in [0.25, 0.3) is 0 Å². The minimum Gasteiger partial charge on any atom is -0.384 e. The van der Waals surface area contributed by atoms with Gasteiger partial charge in [-0.05, 0) is 78.0 Å². The summed E-state index contributed by atoms with van der Waals surface area (Å²) in [4.78, 5) is 0.306. The van der Waals surface area contributed by atoms with E-state index < -0.39 is 10.0 Å². The summed E-state index contributed by atoms with van der Waals surface area (Å²) in [7, 11) is -0.164. The zero-order valence-electron chi connectivity index (χ0n) is 19.3. The van der Waals surface area contributed by atoms with Gasteiger partial charge in [-0.1, -0.05) is 41.9 Å². The van der Waals surface area contributed by atoms with Crippen LogP contribution in [-0.2, 0) is 32.3 Å². The molecule has 2 aliphatic carbocycles. The zero-order valence-corrected chi connectivity index (χ0v) is 20.8. The lowest BCUT2D eigenvalue weighted by molar-refractivity contribution is 0.126. The smallest absolute Gasteiger partial charge is 0.240 e. The van der Waals surface area contributed by atoms with Crippen molar-refractivity contribution in [3.05, 3.63) is 64.7 Å². The molecule has 2 aromatic rings. The molecule has 0 amide bonds. The number of ether oxygens (including phenoxy) is 2. The minimum absolute atomic E-state index is 0.0229. The highest BCUT2D eigenvalue weighted by Crippen LogP contribution is 2.41. The fraction of sp³-hybridized carbons (Fsp3) is 0.462. The highest BCUT2D eigenvalue weighted by molar-refractivity contribution is 7.89. The molecule has 7 heteroatoms. The van der Waals surface area contributed by atoms with Crippen LogP contribution in [0.1, 0.15) is 47.9 Å². The van der Waals surface area contributed by atoms with Gasteiger partial charge in [0.05, 0.1) is 16.5 Å². The van der Waals surface area contributed by atoms with Crippen molar-refractivity contribution in [3.8, 4) is 0 Å². The van der Waals surface area contributed by atoms with Crippen LogP contribution in [0.2, 0.25) is 0 Å². The summed E-state index contributed by atoms with van der Waals surface area (Å²) < 4.78 is 39.4. The number of hydrogen-bond acceptors (Lipinski definition) is 4. The number of sulfonamides is 1. The Bertz CT molecular complexity index is 1100. The average molecular weight is 490 g/mol. The van der Waals surface area contributed by atoms with E-state index in [4.69, 9.17) is 21.1 Å². The van der Waals surface area contributed by atoms with Crippen LogP contribution < -0.4 is 4.72 Å². The molecule has 0 unspecified atom stereocenters. The van der Waals surface area contributed by atoms with Crippen molar-refractivity contribution in [1.82, 2.24) is 4.72 Å². The summed E-state index contributed by atoms with van der Waals surface area (Å²) >= 11 is 6.71. The largest absolute Gasteiger partial charge is 0.384 e. The number of nitrogens with one attached hydrogen (secondary N) is 1. The van der Waals surface area contributed by atoms with E-state index in [0.717, 1.165) is 61.0 Å². The number of benzene rings is 2. The van der Waals surface area contributed by atoms with Gasteiger partial charge in [0, 0.05) is 33.3 Å². The van der Waals surface area contributed by atoms with Crippen LogP contribution in [-0.4, -0.2) is 41.9 Å². The Hall–Kier alpha value is -1.70. The molecule has 1 N–H and O–H groups in total. The molecule has 0 bridgehead atoms. The molecule has 0 aliphatic heterocycles. The summed E-state index contributed by atoms with van der Waals surface area (Å²) in [6.45, 7) is 1.43. The molecule has 1 saturated carbocycles. The third-order valence-electron chi connectivity index (χ3n) is 6.72. The molecule has 1 fully saturated rings. The van der Waals surface area contributed by atoms with Crippen molar-refractivity contribution in [2.24, 2.45) is 5.92 Å². The first-order valence-corrected chi connectivity index (χ1v) is 13.4. The number of methoxy groups -OCH3 is 2. The highest BCUT2D eigenvalue weighted by atomic mass is 35.5. The molecule has 0 saturated heterocycles. The van der Waals surface area contributed by atoms with E-state index in [1.54, 1.807) is 26.4 Å². The fourth-order valence-electron chi connectivity index (χ4n) is 4.82. The maximum absolute atomic E-state index is 13.1. The number of rotatable bonds is 9. The molecule has 0 atom stereocenters. The van der Waals surface area contributed by atoms with Crippen molar-refractivity contribution < 1.29 is 17.9 Å². The molecule has 0 radical (unpaired) electrons. The first kappa shape index (κ1) is 24.4. The second kappa shape index (κ2) is 10.7. The van der Waals surface area contributed by atoms with E-state index in [1.807, 2.05) is 6.07 Å². The fourth-order valence-corrected chi connectivity index (χ4v) is 6.54. The summed E-state index contributed by atoms with van der Waals surface area (Å²) in [5, 5.41) is 0.697. The first-order valence-electron chi connectivity index (χ1n) is 11.5. The van der Waals surface area contributed by atoms with Gasteiger partial charge in [-0.15, -0.1) is 0 Å². The second-order valence-corrected chi connectivity index (χ2v) is 11.1. The van der Waals surface area contributed by atoms with Gasteiger partial charge < -0.3 is 9.47 Å². The molecule has 5 nitrogen and oxygen atoms in total. The first-order chi connectivity index (χ1) is 15.9. The molecule has 2 aromatic carbocycles. The van der Waals surface area contributed by atoms with Crippen molar-refractivity contribution in [2.75, 3.05) is 27.4 Å². The Morgan fingerprint density at radius 3 is 2.39 bits per heavy atom. The van der Waals surface area contributed by atoms with Crippen LogP contribution >= 0.6 is 11.6 Å². The monoisotopic (exact) mass is 489 g/mol. The SMILES string of the molecule is COCCc1ccc(C2=C(Cl)c3ccc(S(=O)(=O)NC4CCC(COC)CC4)cc3C2)cc1. The van der Waals surface area contributed by atoms with E-state index in [-0.39, 0.29) is 6.04 Å². The van der Waals surface area contributed by atoms with Crippen molar-refractivity contribution >= 4 is 32.2 Å². The molecule has 0 aromatic heterocycles. The normalized spacial score (nSPS) is 20.8. The number of allylic oxidation sites excluding steroid dienone is 1. The predicted molar refractivity (Wildman–Crippen MR) is 133 cm³/mol. The molecule has 4 rings (SSSR count). The Morgan fingerprint density at radius 2 is 1.73 bits per heavy atom. The van der Waals surface area contributed by atoms with Crippen molar-refractivity contribution in [2.45, 2.75) is 49.5 Å². The Balaban J connectivity index is 1.45. The van der Waals surface area contributed by atoms with Gasteiger partial charge in [-0.25, -0.2) is 13.1 Å². The van der Waals surface area contributed by atoms with E-state index in [1.165, 1.54) is 5.56 Å². The summed E-state index contributed by atoms with van der Waals surface area (Å²) in [6, 6.07) is 13.6. The lowest BCUT2D eigenvalue weighted by atomic mass is 9.87. The lowest BCUT2D eigenvalue weighted by Crippen LogP contribution is -2.38. The van der Waals surface area contributed by atoms with Crippen LogP contribution in [0.4, 0.5) is 0 Å². The van der Waals surface area contributed by atoms with E-state index >= 15 is 0 Å². The molecular weight excluding hydrogens is 458 g/mol. The molecule has 178 valence electrons. The van der Waals surface area contributed by atoms with Crippen LogP contribution in [0.3, 0.4) is 0 Å². The van der Waals surface area contributed by atoms with Crippen LogP contribution in [0.25, 0.3) is 10.6 Å². The second-order valence-electron chi connectivity index (χ2n) is 9.02. The summed E-state index contributed by atoms with van der Waals surface area (Å²) in [5.41, 5.74) is 5.17. The van der Waals surface area contributed by atoms with Gasteiger partial charge in [0.2, 0.25) is 10.0 Å².